The Kier molecular flexibility index (Phi) is 5.76. The zero-order chi connectivity index (χ0) is 16.9. The molecule has 0 aromatic carbocycles. The molecule has 0 spiro atoms. The topological polar surface area (TPSA) is 133 Å². The Morgan fingerprint density at radius 3 is 2.68 bits per heavy atom. The van der Waals surface area contributed by atoms with E-state index in [9.17, 15) is 19.5 Å². The molecule has 0 bridgehead atoms. The predicted octanol–water partition coefficient (Wildman–Crippen LogP) is 1.33. The highest BCUT2D eigenvalue weighted by Crippen LogP contribution is 2.23. The van der Waals surface area contributed by atoms with Gasteiger partial charge in [-0.2, -0.15) is 0 Å². The molecule has 2 atom stereocenters. The minimum Gasteiger partial charge on any atom is -0.480 e. The van der Waals surface area contributed by atoms with E-state index in [1.807, 2.05) is 0 Å². The van der Waals surface area contributed by atoms with Gasteiger partial charge in [0.25, 0.3) is 0 Å². The number of carbonyl (C=O) groups is 3. The summed E-state index contributed by atoms with van der Waals surface area (Å²) in [4.78, 5) is 38.9. The third-order valence-corrected chi connectivity index (χ3v) is 3.08. The standard InChI is InChI=1S/C13H20N4O5/c1-13(2,3)22-11(19)5-9(12(20)21)17-7-8(4-10(17)18)6-15-16-14/h8-9H,4-7H2,1-3H3,(H,20,21)/t8?,9-/m0/s1. The monoisotopic (exact) mass is 312 g/mol. The molecule has 122 valence electrons. The smallest absolute Gasteiger partial charge is 0.327 e. The molecule has 1 aliphatic heterocycles. The predicted molar refractivity (Wildman–Crippen MR) is 75.7 cm³/mol. The van der Waals surface area contributed by atoms with Crippen LogP contribution in [-0.4, -0.2) is 52.6 Å². The lowest BCUT2D eigenvalue weighted by Gasteiger charge is -2.26. The van der Waals surface area contributed by atoms with Crippen molar-refractivity contribution in [3.63, 3.8) is 0 Å². The highest BCUT2D eigenvalue weighted by molar-refractivity contribution is 5.88. The highest BCUT2D eigenvalue weighted by atomic mass is 16.6. The van der Waals surface area contributed by atoms with E-state index in [-0.39, 0.29) is 31.3 Å². The second-order valence-corrected chi connectivity index (χ2v) is 6.17. The van der Waals surface area contributed by atoms with Crippen LogP contribution >= 0.6 is 0 Å². The molecule has 0 radical (unpaired) electrons. The fourth-order valence-corrected chi connectivity index (χ4v) is 2.26. The van der Waals surface area contributed by atoms with Crippen LogP contribution in [0.5, 0.6) is 0 Å². The quantitative estimate of drug-likeness (QED) is 0.342. The maximum atomic E-state index is 11.9. The number of hydrogen-bond acceptors (Lipinski definition) is 5. The van der Waals surface area contributed by atoms with Crippen LogP contribution in [0, 0.1) is 5.92 Å². The van der Waals surface area contributed by atoms with Gasteiger partial charge in [0.1, 0.15) is 11.6 Å². The van der Waals surface area contributed by atoms with Gasteiger partial charge in [0, 0.05) is 24.4 Å². The molecule has 1 rings (SSSR count). The molecular formula is C13H20N4O5. The second kappa shape index (κ2) is 7.13. The first-order valence-electron chi connectivity index (χ1n) is 6.89. The SMILES string of the molecule is CC(C)(C)OC(=O)C[C@@H](C(=O)O)N1CC(CN=[N+]=[N-])CC1=O. The van der Waals surface area contributed by atoms with E-state index < -0.39 is 30.0 Å². The van der Waals surface area contributed by atoms with Gasteiger partial charge >= 0.3 is 11.9 Å². The molecule has 1 saturated heterocycles. The van der Waals surface area contributed by atoms with E-state index in [0.717, 1.165) is 4.90 Å². The van der Waals surface area contributed by atoms with E-state index in [0.29, 0.717) is 0 Å². The van der Waals surface area contributed by atoms with Crippen molar-refractivity contribution < 1.29 is 24.2 Å². The largest absolute Gasteiger partial charge is 0.480 e. The maximum Gasteiger partial charge on any atom is 0.327 e. The van der Waals surface area contributed by atoms with E-state index in [1.54, 1.807) is 20.8 Å². The summed E-state index contributed by atoms with van der Waals surface area (Å²) in [5.74, 6) is -2.53. The van der Waals surface area contributed by atoms with Gasteiger partial charge in [0.15, 0.2) is 0 Å². The first-order chi connectivity index (χ1) is 10.1. The van der Waals surface area contributed by atoms with Crippen molar-refractivity contribution >= 4 is 17.8 Å². The molecule has 9 nitrogen and oxygen atoms in total. The number of likely N-dealkylation sites (tertiary alicyclic amines) is 1. The number of aliphatic carboxylic acids is 1. The van der Waals surface area contributed by atoms with Gasteiger partial charge in [0.2, 0.25) is 5.91 Å². The van der Waals surface area contributed by atoms with Crippen LogP contribution in [0.1, 0.15) is 33.6 Å². The normalized spacial score (nSPS) is 19.5. The fourth-order valence-electron chi connectivity index (χ4n) is 2.26. The zero-order valence-electron chi connectivity index (χ0n) is 12.9. The molecule has 1 heterocycles. The van der Waals surface area contributed by atoms with Crippen LogP contribution in [0.2, 0.25) is 0 Å². The number of amides is 1. The molecule has 0 saturated carbocycles. The van der Waals surface area contributed by atoms with Gasteiger partial charge in [-0.15, -0.1) is 0 Å². The number of esters is 1. The van der Waals surface area contributed by atoms with Crippen LogP contribution in [0.25, 0.3) is 10.4 Å². The Bertz CT molecular complexity index is 507. The summed E-state index contributed by atoms with van der Waals surface area (Å²) in [6.07, 6.45) is -0.302. The van der Waals surface area contributed by atoms with Gasteiger partial charge in [-0.25, -0.2) is 4.79 Å². The Hall–Kier alpha value is -2.28. The minimum absolute atomic E-state index is 0.108. The number of rotatable bonds is 6. The van der Waals surface area contributed by atoms with Crippen molar-refractivity contribution in [2.75, 3.05) is 13.1 Å². The van der Waals surface area contributed by atoms with E-state index in [2.05, 4.69) is 10.0 Å². The van der Waals surface area contributed by atoms with Crippen molar-refractivity contribution in [2.24, 2.45) is 11.0 Å². The lowest BCUT2D eigenvalue weighted by Crippen LogP contribution is -2.44. The van der Waals surface area contributed by atoms with E-state index in [1.165, 1.54) is 0 Å². The van der Waals surface area contributed by atoms with Crippen molar-refractivity contribution in [1.29, 1.82) is 0 Å². The Morgan fingerprint density at radius 1 is 1.55 bits per heavy atom. The number of ether oxygens (including phenoxy) is 1. The van der Waals surface area contributed by atoms with Crippen molar-refractivity contribution in [3.05, 3.63) is 10.4 Å². The number of nitrogens with zero attached hydrogens (tertiary/aromatic N) is 4. The summed E-state index contributed by atoms with van der Waals surface area (Å²) in [5.41, 5.74) is 7.56. The van der Waals surface area contributed by atoms with Crippen LogP contribution in [0.15, 0.2) is 5.11 Å². The average molecular weight is 312 g/mol. The molecule has 22 heavy (non-hydrogen) atoms. The Labute approximate surface area is 127 Å². The summed E-state index contributed by atoms with van der Waals surface area (Å²) in [6, 6.07) is -1.27. The molecule has 0 aromatic rings. The molecule has 0 aromatic heterocycles. The summed E-state index contributed by atoms with van der Waals surface area (Å²) < 4.78 is 5.10. The third-order valence-electron chi connectivity index (χ3n) is 3.08. The highest BCUT2D eigenvalue weighted by Gasteiger charge is 2.39. The van der Waals surface area contributed by atoms with Gasteiger partial charge in [-0.1, -0.05) is 5.11 Å². The number of carboxylic acid groups (broad SMARTS) is 1. The molecule has 1 unspecified atom stereocenters. The molecular weight excluding hydrogens is 292 g/mol. The maximum absolute atomic E-state index is 11.9. The summed E-state index contributed by atoms with van der Waals surface area (Å²) in [5, 5.41) is 12.7. The van der Waals surface area contributed by atoms with Crippen LogP contribution in [0.3, 0.4) is 0 Å². The average Bonchev–Trinajstić information content (AvgIpc) is 2.72. The fraction of sp³-hybridized carbons (Fsp3) is 0.769. The van der Waals surface area contributed by atoms with Crippen molar-refractivity contribution in [1.82, 2.24) is 4.90 Å². The van der Waals surface area contributed by atoms with Crippen LogP contribution in [-0.2, 0) is 19.1 Å². The van der Waals surface area contributed by atoms with Crippen LogP contribution in [0.4, 0.5) is 0 Å². The number of carboxylic acids is 1. The van der Waals surface area contributed by atoms with Gasteiger partial charge < -0.3 is 14.7 Å². The zero-order valence-corrected chi connectivity index (χ0v) is 12.9. The number of hydrogen-bond donors (Lipinski definition) is 1. The van der Waals surface area contributed by atoms with Gasteiger partial charge in [0.05, 0.1) is 6.42 Å². The second-order valence-electron chi connectivity index (χ2n) is 6.17. The van der Waals surface area contributed by atoms with Gasteiger partial charge in [-0.3, -0.25) is 9.59 Å². The summed E-state index contributed by atoms with van der Waals surface area (Å²) >= 11 is 0. The first kappa shape index (κ1) is 17.8. The lowest BCUT2D eigenvalue weighted by molar-refractivity contribution is -0.161. The molecule has 0 aliphatic carbocycles. The lowest BCUT2D eigenvalue weighted by atomic mass is 10.1. The molecule has 1 N–H and O–H groups in total. The van der Waals surface area contributed by atoms with Crippen molar-refractivity contribution in [3.8, 4) is 0 Å². The first-order valence-corrected chi connectivity index (χ1v) is 6.89. The molecule has 1 amide bonds. The van der Waals surface area contributed by atoms with Crippen LogP contribution < -0.4 is 0 Å². The number of carbonyl (C=O) groups excluding carboxylic acids is 2. The molecule has 1 fully saturated rings. The molecule has 9 heteroatoms. The van der Waals surface area contributed by atoms with Gasteiger partial charge in [-0.05, 0) is 32.2 Å². The summed E-state index contributed by atoms with van der Waals surface area (Å²) in [6.45, 7) is 5.31. The third kappa shape index (κ3) is 5.25. The Balaban J connectivity index is 2.75. The Morgan fingerprint density at radius 2 is 2.18 bits per heavy atom. The molecule has 1 aliphatic rings. The summed E-state index contributed by atoms with van der Waals surface area (Å²) in [7, 11) is 0. The van der Waals surface area contributed by atoms with E-state index in [4.69, 9.17) is 10.3 Å². The minimum atomic E-state index is -1.27. The number of azide groups is 1. The van der Waals surface area contributed by atoms with Crippen molar-refractivity contribution in [2.45, 2.75) is 45.3 Å². The van der Waals surface area contributed by atoms with E-state index >= 15 is 0 Å².